The molecular formula is C22H28ClNO5. The van der Waals surface area contributed by atoms with Gasteiger partial charge < -0.3 is 19.8 Å². The zero-order chi connectivity index (χ0) is 21.8. The van der Waals surface area contributed by atoms with Crippen LogP contribution in [0.15, 0.2) is 42.5 Å². The molecule has 2 N–H and O–H groups in total. The molecule has 0 heterocycles. The number of carboxylic acids is 2. The molecule has 0 aliphatic heterocycles. The third kappa shape index (κ3) is 9.45. The first-order valence-corrected chi connectivity index (χ1v) is 9.67. The number of nitrogens with zero attached hydrogens (tertiary/aromatic N) is 1. The van der Waals surface area contributed by atoms with Gasteiger partial charge in [-0.25, -0.2) is 9.59 Å². The molecule has 0 bridgehead atoms. The van der Waals surface area contributed by atoms with Gasteiger partial charge in [-0.3, -0.25) is 0 Å². The smallest absolute Gasteiger partial charge is 0.414 e. The van der Waals surface area contributed by atoms with Crippen LogP contribution in [-0.4, -0.2) is 47.3 Å². The average Bonchev–Trinajstić information content (AvgIpc) is 2.68. The predicted octanol–water partition coefficient (Wildman–Crippen LogP) is 4.40. The van der Waals surface area contributed by atoms with Gasteiger partial charge in [-0.2, -0.15) is 0 Å². The Morgan fingerprint density at radius 3 is 2.17 bits per heavy atom. The quantitative estimate of drug-likeness (QED) is 0.485. The highest BCUT2D eigenvalue weighted by atomic mass is 35.5. The van der Waals surface area contributed by atoms with Gasteiger partial charge in [0, 0.05) is 11.6 Å². The van der Waals surface area contributed by atoms with E-state index < -0.39 is 11.9 Å². The zero-order valence-corrected chi connectivity index (χ0v) is 17.8. The summed E-state index contributed by atoms with van der Waals surface area (Å²) in [5, 5.41) is 15.6. The van der Waals surface area contributed by atoms with Crippen molar-refractivity contribution in [3.05, 3.63) is 64.2 Å². The first kappa shape index (κ1) is 24.5. The highest BCUT2D eigenvalue weighted by molar-refractivity contribution is 6.31. The van der Waals surface area contributed by atoms with Crippen molar-refractivity contribution in [2.45, 2.75) is 33.2 Å². The van der Waals surface area contributed by atoms with Gasteiger partial charge in [-0.1, -0.05) is 41.9 Å². The summed E-state index contributed by atoms with van der Waals surface area (Å²) in [4.78, 5) is 20.6. The van der Waals surface area contributed by atoms with Crippen LogP contribution in [0.5, 0.6) is 5.75 Å². The Labute approximate surface area is 176 Å². The van der Waals surface area contributed by atoms with E-state index in [1.807, 2.05) is 19.1 Å². The monoisotopic (exact) mass is 421 g/mol. The Morgan fingerprint density at radius 1 is 0.966 bits per heavy atom. The van der Waals surface area contributed by atoms with Crippen molar-refractivity contribution in [1.82, 2.24) is 4.90 Å². The first-order chi connectivity index (χ1) is 13.7. The van der Waals surface area contributed by atoms with E-state index in [-0.39, 0.29) is 0 Å². The summed E-state index contributed by atoms with van der Waals surface area (Å²) in [7, 11) is 2.17. The molecule has 0 aliphatic rings. The van der Waals surface area contributed by atoms with Gasteiger partial charge in [0.15, 0.2) is 0 Å². The van der Waals surface area contributed by atoms with E-state index in [9.17, 15) is 0 Å². The van der Waals surface area contributed by atoms with Gasteiger partial charge in [-0.05, 0) is 69.1 Å². The second kappa shape index (κ2) is 12.8. The number of hydrogen-bond donors (Lipinski definition) is 2. The van der Waals surface area contributed by atoms with Crippen LogP contribution < -0.4 is 4.74 Å². The Hall–Kier alpha value is -2.57. The highest BCUT2D eigenvalue weighted by Gasteiger charge is 2.06. The number of aliphatic carboxylic acids is 2. The number of unbranched alkanes of at least 4 members (excludes halogenated alkanes) is 1. The van der Waals surface area contributed by atoms with Crippen LogP contribution in [-0.2, 0) is 16.1 Å². The van der Waals surface area contributed by atoms with Crippen LogP contribution in [0.2, 0.25) is 5.02 Å². The van der Waals surface area contributed by atoms with Crippen LogP contribution in [0, 0.1) is 13.8 Å². The van der Waals surface area contributed by atoms with Gasteiger partial charge in [0.25, 0.3) is 0 Å². The Morgan fingerprint density at radius 2 is 1.59 bits per heavy atom. The largest absolute Gasteiger partial charge is 0.493 e. The maximum atomic E-state index is 9.10. The standard InChI is InChI=1S/C20H26ClNO.C2H2O4/c1-16-17(2)20(12-11-19(16)21)23-14-8-7-13-22(3)15-18-9-5-4-6-10-18;3-1(4)2(5)6/h4-6,9-12H,7-8,13-15H2,1-3H3;(H,3,4)(H,5,6). The molecule has 0 fully saturated rings. The van der Waals surface area contributed by atoms with E-state index in [1.54, 1.807) is 0 Å². The van der Waals surface area contributed by atoms with Crippen molar-refractivity contribution in [2.75, 3.05) is 20.2 Å². The summed E-state index contributed by atoms with van der Waals surface area (Å²) in [6.45, 7) is 6.92. The van der Waals surface area contributed by atoms with Gasteiger partial charge in [0.1, 0.15) is 5.75 Å². The molecule has 2 rings (SSSR count). The molecule has 0 unspecified atom stereocenters. The maximum absolute atomic E-state index is 9.10. The molecule has 6 nitrogen and oxygen atoms in total. The normalized spacial score (nSPS) is 10.2. The van der Waals surface area contributed by atoms with Gasteiger partial charge in [0.2, 0.25) is 0 Å². The molecule has 0 amide bonds. The SMILES string of the molecule is Cc1c(Cl)ccc(OCCCCN(C)Cc2ccccc2)c1C.O=C(O)C(=O)O. The fraction of sp³-hybridized carbons (Fsp3) is 0.364. The summed E-state index contributed by atoms with van der Waals surface area (Å²) >= 11 is 6.11. The van der Waals surface area contributed by atoms with E-state index in [0.29, 0.717) is 0 Å². The number of benzene rings is 2. The molecule has 29 heavy (non-hydrogen) atoms. The number of rotatable bonds is 8. The lowest BCUT2D eigenvalue weighted by Crippen LogP contribution is -2.19. The first-order valence-electron chi connectivity index (χ1n) is 9.29. The third-order valence-electron chi connectivity index (χ3n) is 4.34. The number of carboxylic acid groups (broad SMARTS) is 2. The summed E-state index contributed by atoms with van der Waals surface area (Å²) in [6.07, 6.45) is 2.19. The van der Waals surface area contributed by atoms with E-state index in [0.717, 1.165) is 54.4 Å². The summed E-state index contributed by atoms with van der Waals surface area (Å²) in [6, 6.07) is 14.5. The van der Waals surface area contributed by atoms with Crippen LogP contribution in [0.4, 0.5) is 0 Å². The molecule has 0 saturated heterocycles. The molecule has 2 aromatic rings. The lowest BCUT2D eigenvalue weighted by Gasteiger charge is -2.17. The van der Waals surface area contributed by atoms with Crippen molar-refractivity contribution >= 4 is 23.5 Å². The van der Waals surface area contributed by atoms with Gasteiger partial charge >= 0.3 is 11.9 Å². The average molecular weight is 422 g/mol. The Kier molecular flexibility index (Phi) is 10.8. The molecule has 0 aromatic heterocycles. The second-order valence-electron chi connectivity index (χ2n) is 6.68. The van der Waals surface area contributed by atoms with Crippen molar-refractivity contribution in [1.29, 1.82) is 0 Å². The minimum atomic E-state index is -1.82. The topological polar surface area (TPSA) is 87.1 Å². The fourth-order valence-electron chi connectivity index (χ4n) is 2.56. The van der Waals surface area contributed by atoms with Crippen molar-refractivity contribution in [2.24, 2.45) is 0 Å². The summed E-state index contributed by atoms with van der Waals surface area (Å²) < 4.78 is 5.90. The van der Waals surface area contributed by atoms with Crippen molar-refractivity contribution in [3.63, 3.8) is 0 Å². The molecular weight excluding hydrogens is 394 g/mol. The van der Waals surface area contributed by atoms with Crippen molar-refractivity contribution < 1.29 is 24.5 Å². The van der Waals surface area contributed by atoms with E-state index in [4.69, 9.17) is 36.1 Å². The highest BCUT2D eigenvalue weighted by Crippen LogP contribution is 2.27. The van der Waals surface area contributed by atoms with Gasteiger partial charge in [0.05, 0.1) is 6.61 Å². The minimum Gasteiger partial charge on any atom is -0.493 e. The van der Waals surface area contributed by atoms with Crippen LogP contribution in [0.1, 0.15) is 29.5 Å². The number of ether oxygens (including phenoxy) is 1. The summed E-state index contributed by atoms with van der Waals surface area (Å²) in [5.41, 5.74) is 3.60. The van der Waals surface area contributed by atoms with Gasteiger partial charge in [-0.15, -0.1) is 0 Å². The summed E-state index contributed by atoms with van der Waals surface area (Å²) in [5.74, 6) is -2.70. The molecule has 0 saturated carbocycles. The number of halogens is 1. The third-order valence-corrected chi connectivity index (χ3v) is 4.75. The van der Waals surface area contributed by atoms with E-state index >= 15 is 0 Å². The molecule has 2 aromatic carbocycles. The van der Waals surface area contributed by atoms with Crippen LogP contribution in [0.3, 0.4) is 0 Å². The lowest BCUT2D eigenvalue weighted by atomic mass is 10.1. The Balaban J connectivity index is 0.000000612. The van der Waals surface area contributed by atoms with Crippen molar-refractivity contribution in [3.8, 4) is 5.75 Å². The van der Waals surface area contributed by atoms with E-state index in [2.05, 4.69) is 49.2 Å². The number of hydrogen-bond acceptors (Lipinski definition) is 4. The number of carbonyl (C=O) groups is 2. The molecule has 158 valence electrons. The Bertz CT molecular complexity index is 783. The van der Waals surface area contributed by atoms with E-state index in [1.165, 1.54) is 5.56 Å². The predicted molar refractivity (Wildman–Crippen MR) is 114 cm³/mol. The zero-order valence-electron chi connectivity index (χ0n) is 17.0. The fourth-order valence-corrected chi connectivity index (χ4v) is 2.76. The molecule has 0 radical (unpaired) electrons. The van der Waals surface area contributed by atoms with Crippen LogP contribution >= 0.6 is 11.6 Å². The lowest BCUT2D eigenvalue weighted by molar-refractivity contribution is -0.159. The second-order valence-corrected chi connectivity index (χ2v) is 7.09. The molecule has 0 spiro atoms. The minimum absolute atomic E-state index is 0.751. The molecule has 0 aliphatic carbocycles. The van der Waals surface area contributed by atoms with Crippen LogP contribution in [0.25, 0.3) is 0 Å². The maximum Gasteiger partial charge on any atom is 0.414 e. The molecule has 0 atom stereocenters. The molecule has 7 heteroatoms.